The number of rotatable bonds is 4. The van der Waals surface area contributed by atoms with Crippen LogP contribution in [0.15, 0.2) is 29.8 Å². The highest BCUT2D eigenvalue weighted by Gasteiger charge is 2.11. The summed E-state index contributed by atoms with van der Waals surface area (Å²) in [7, 11) is 0. The van der Waals surface area contributed by atoms with Crippen LogP contribution in [-0.4, -0.2) is 10.1 Å². The first kappa shape index (κ1) is 12.6. The standard InChI is InChI=1S/C13H14ClNOS/c1-2-9-3-4-11(15-7-9)6-12(16)13-5-10(14)8-17-13/h3-5,7-8,12,16H,2,6H2,1H3. The molecule has 0 aliphatic carbocycles. The van der Waals surface area contributed by atoms with Gasteiger partial charge in [-0.1, -0.05) is 24.6 Å². The van der Waals surface area contributed by atoms with E-state index in [4.69, 9.17) is 11.6 Å². The second-order valence-corrected chi connectivity index (χ2v) is 5.28. The van der Waals surface area contributed by atoms with E-state index in [9.17, 15) is 5.11 Å². The molecular formula is C13H14ClNOS. The van der Waals surface area contributed by atoms with Gasteiger partial charge in [-0.2, -0.15) is 0 Å². The number of nitrogens with zero attached hydrogens (tertiary/aromatic N) is 1. The predicted octanol–water partition coefficient (Wildman–Crippen LogP) is 3.64. The zero-order valence-corrected chi connectivity index (χ0v) is 11.1. The molecule has 0 saturated heterocycles. The second-order valence-electron chi connectivity index (χ2n) is 3.90. The number of aryl methyl sites for hydroxylation is 1. The van der Waals surface area contributed by atoms with E-state index in [-0.39, 0.29) is 0 Å². The highest BCUT2D eigenvalue weighted by atomic mass is 35.5. The molecule has 0 aliphatic heterocycles. The van der Waals surface area contributed by atoms with Crippen molar-refractivity contribution in [2.24, 2.45) is 0 Å². The first-order valence-corrected chi connectivity index (χ1v) is 6.80. The lowest BCUT2D eigenvalue weighted by Crippen LogP contribution is -2.01. The van der Waals surface area contributed by atoms with Gasteiger partial charge in [0.1, 0.15) is 0 Å². The second kappa shape index (κ2) is 5.63. The molecule has 0 fully saturated rings. The van der Waals surface area contributed by atoms with Crippen LogP contribution in [0.25, 0.3) is 0 Å². The summed E-state index contributed by atoms with van der Waals surface area (Å²) < 4.78 is 0. The molecule has 0 spiro atoms. The summed E-state index contributed by atoms with van der Waals surface area (Å²) in [6.45, 7) is 2.10. The van der Waals surface area contributed by atoms with Crippen molar-refractivity contribution in [2.45, 2.75) is 25.9 Å². The maximum atomic E-state index is 10.0. The van der Waals surface area contributed by atoms with E-state index in [1.54, 1.807) is 6.07 Å². The largest absolute Gasteiger partial charge is 0.387 e. The van der Waals surface area contributed by atoms with Crippen molar-refractivity contribution < 1.29 is 5.11 Å². The van der Waals surface area contributed by atoms with Crippen molar-refractivity contribution in [1.29, 1.82) is 0 Å². The van der Waals surface area contributed by atoms with Gasteiger partial charge in [0.15, 0.2) is 0 Å². The average Bonchev–Trinajstić information content (AvgIpc) is 2.77. The molecule has 0 bridgehead atoms. The number of thiophene rings is 1. The van der Waals surface area contributed by atoms with Crippen LogP contribution in [0.5, 0.6) is 0 Å². The zero-order valence-electron chi connectivity index (χ0n) is 9.56. The molecule has 0 aliphatic rings. The summed E-state index contributed by atoms with van der Waals surface area (Å²) in [4.78, 5) is 5.22. The number of hydrogen-bond donors (Lipinski definition) is 1. The van der Waals surface area contributed by atoms with Crippen molar-refractivity contribution in [3.05, 3.63) is 50.9 Å². The number of hydrogen-bond acceptors (Lipinski definition) is 3. The molecule has 1 unspecified atom stereocenters. The van der Waals surface area contributed by atoms with Gasteiger partial charge in [0, 0.05) is 28.6 Å². The van der Waals surface area contributed by atoms with Gasteiger partial charge in [0.2, 0.25) is 0 Å². The third-order valence-electron chi connectivity index (χ3n) is 2.61. The molecular weight excluding hydrogens is 254 g/mol. The summed E-state index contributed by atoms with van der Waals surface area (Å²) in [6.07, 6.45) is 2.85. The normalized spacial score (nSPS) is 12.6. The number of pyridine rings is 1. The Kier molecular flexibility index (Phi) is 4.15. The molecule has 2 aromatic rings. The van der Waals surface area contributed by atoms with Gasteiger partial charge in [-0.05, 0) is 24.1 Å². The molecule has 1 atom stereocenters. The number of halogens is 1. The van der Waals surface area contributed by atoms with E-state index < -0.39 is 6.10 Å². The smallest absolute Gasteiger partial charge is 0.0937 e. The van der Waals surface area contributed by atoms with E-state index in [0.29, 0.717) is 11.4 Å². The SMILES string of the molecule is CCc1ccc(CC(O)c2cc(Cl)cs2)nc1. The van der Waals surface area contributed by atoms with Gasteiger partial charge in [-0.25, -0.2) is 0 Å². The molecule has 0 amide bonds. The van der Waals surface area contributed by atoms with E-state index in [1.807, 2.05) is 17.6 Å². The quantitative estimate of drug-likeness (QED) is 0.918. The lowest BCUT2D eigenvalue weighted by molar-refractivity contribution is 0.181. The van der Waals surface area contributed by atoms with Crippen LogP contribution in [0.3, 0.4) is 0 Å². The van der Waals surface area contributed by atoms with Crippen molar-refractivity contribution >= 4 is 22.9 Å². The summed E-state index contributed by atoms with van der Waals surface area (Å²) in [5.41, 5.74) is 2.11. The molecule has 1 N–H and O–H groups in total. The molecule has 0 radical (unpaired) electrons. The molecule has 2 aromatic heterocycles. The van der Waals surface area contributed by atoms with Crippen molar-refractivity contribution in [1.82, 2.24) is 4.98 Å². The van der Waals surface area contributed by atoms with E-state index in [1.165, 1.54) is 16.9 Å². The summed E-state index contributed by atoms with van der Waals surface area (Å²) >= 11 is 7.31. The van der Waals surface area contributed by atoms with Gasteiger partial charge < -0.3 is 5.11 Å². The Bertz CT molecular complexity index is 480. The Morgan fingerprint density at radius 3 is 2.82 bits per heavy atom. The van der Waals surface area contributed by atoms with Crippen LogP contribution in [0.2, 0.25) is 5.02 Å². The fraction of sp³-hybridized carbons (Fsp3) is 0.308. The topological polar surface area (TPSA) is 33.1 Å². The molecule has 90 valence electrons. The number of aliphatic hydroxyl groups excluding tert-OH is 1. The van der Waals surface area contributed by atoms with Gasteiger partial charge in [0.25, 0.3) is 0 Å². The third-order valence-corrected chi connectivity index (χ3v) is 3.99. The van der Waals surface area contributed by atoms with Gasteiger partial charge in [0.05, 0.1) is 11.1 Å². The van der Waals surface area contributed by atoms with Crippen LogP contribution in [-0.2, 0) is 12.8 Å². The summed E-state index contributed by atoms with van der Waals surface area (Å²) in [5, 5.41) is 12.5. The van der Waals surface area contributed by atoms with Gasteiger partial charge in [-0.15, -0.1) is 11.3 Å². The molecule has 0 aromatic carbocycles. The minimum atomic E-state index is -0.521. The first-order chi connectivity index (χ1) is 8.19. The molecule has 2 heterocycles. The van der Waals surface area contributed by atoms with E-state index in [0.717, 1.165) is 17.0 Å². The highest BCUT2D eigenvalue weighted by molar-refractivity contribution is 7.10. The Morgan fingerprint density at radius 2 is 2.29 bits per heavy atom. The number of aliphatic hydroxyl groups is 1. The number of aromatic nitrogens is 1. The van der Waals surface area contributed by atoms with Gasteiger partial charge >= 0.3 is 0 Å². The van der Waals surface area contributed by atoms with Crippen LogP contribution in [0.4, 0.5) is 0 Å². The van der Waals surface area contributed by atoms with Crippen LogP contribution >= 0.6 is 22.9 Å². The minimum Gasteiger partial charge on any atom is -0.387 e. The lowest BCUT2D eigenvalue weighted by atomic mass is 10.1. The minimum absolute atomic E-state index is 0.521. The van der Waals surface area contributed by atoms with Crippen molar-refractivity contribution in [3.8, 4) is 0 Å². The molecule has 2 rings (SSSR count). The van der Waals surface area contributed by atoms with Gasteiger partial charge in [-0.3, -0.25) is 4.98 Å². The zero-order chi connectivity index (χ0) is 12.3. The fourth-order valence-electron chi connectivity index (χ4n) is 1.59. The highest BCUT2D eigenvalue weighted by Crippen LogP contribution is 2.27. The molecule has 0 saturated carbocycles. The van der Waals surface area contributed by atoms with Crippen molar-refractivity contribution in [2.75, 3.05) is 0 Å². The third kappa shape index (κ3) is 3.28. The first-order valence-electron chi connectivity index (χ1n) is 5.55. The monoisotopic (exact) mass is 267 g/mol. The lowest BCUT2D eigenvalue weighted by Gasteiger charge is -2.08. The maximum absolute atomic E-state index is 10.0. The Morgan fingerprint density at radius 1 is 1.47 bits per heavy atom. The van der Waals surface area contributed by atoms with Crippen LogP contribution in [0.1, 0.15) is 29.2 Å². The molecule has 4 heteroatoms. The fourth-order valence-corrected chi connectivity index (χ4v) is 2.65. The maximum Gasteiger partial charge on any atom is 0.0937 e. The predicted molar refractivity (Wildman–Crippen MR) is 71.6 cm³/mol. The average molecular weight is 268 g/mol. The van der Waals surface area contributed by atoms with Crippen LogP contribution < -0.4 is 0 Å². The van der Waals surface area contributed by atoms with Crippen molar-refractivity contribution in [3.63, 3.8) is 0 Å². The summed E-state index contributed by atoms with van der Waals surface area (Å²) in [5.74, 6) is 0. The molecule has 2 nitrogen and oxygen atoms in total. The van der Waals surface area contributed by atoms with E-state index >= 15 is 0 Å². The Hall–Kier alpha value is -0.900. The van der Waals surface area contributed by atoms with Crippen LogP contribution in [0, 0.1) is 0 Å². The molecule has 17 heavy (non-hydrogen) atoms. The van der Waals surface area contributed by atoms with E-state index in [2.05, 4.69) is 18.0 Å². The Labute approximate surface area is 110 Å². The Balaban J connectivity index is 2.04. The summed E-state index contributed by atoms with van der Waals surface area (Å²) in [6, 6.07) is 5.82.